The van der Waals surface area contributed by atoms with Gasteiger partial charge in [0.1, 0.15) is 0 Å². The highest BCUT2D eigenvalue weighted by molar-refractivity contribution is 7.98. The van der Waals surface area contributed by atoms with Crippen molar-refractivity contribution in [2.45, 2.75) is 24.7 Å². The van der Waals surface area contributed by atoms with Gasteiger partial charge >= 0.3 is 0 Å². The van der Waals surface area contributed by atoms with Crippen LogP contribution in [0.15, 0.2) is 46.1 Å². The smallest absolute Gasteiger partial charge is 0.251 e. The molecule has 0 radical (unpaired) electrons. The number of benzene rings is 1. The van der Waals surface area contributed by atoms with Gasteiger partial charge in [-0.05, 0) is 55.7 Å². The summed E-state index contributed by atoms with van der Waals surface area (Å²) in [6.45, 7) is 3.38. The van der Waals surface area contributed by atoms with Crippen molar-refractivity contribution < 1.29 is 4.74 Å². The lowest BCUT2D eigenvalue weighted by Crippen LogP contribution is -2.15. The normalized spacial score (nSPS) is 16.2. The lowest BCUT2D eigenvalue weighted by atomic mass is 9.92. The molecule has 1 fully saturated rings. The van der Waals surface area contributed by atoms with Crippen LogP contribution in [0, 0.1) is 12.8 Å². The summed E-state index contributed by atoms with van der Waals surface area (Å²) < 4.78 is 5.47. The van der Waals surface area contributed by atoms with Crippen molar-refractivity contribution in [1.29, 1.82) is 0 Å². The Morgan fingerprint density at radius 2 is 2.04 bits per heavy atom. The Morgan fingerprint density at radius 3 is 2.68 bits per heavy atom. The van der Waals surface area contributed by atoms with Crippen molar-refractivity contribution in [1.82, 2.24) is 4.98 Å². The van der Waals surface area contributed by atoms with Gasteiger partial charge < -0.3 is 9.72 Å². The highest BCUT2D eigenvalue weighted by Gasteiger charge is 2.16. The maximum absolute atomic E-state index is 12.1. The minimum atomic E-state index is -0.0535. The monoisotopic (exact) mass is 375 g/mol. The summed E-state index contributed by atoms with van der Waals surface area (Å²) in [5.74, 6) is 0.438. The molecule has 1 aliphatic rings. The number of H-pyrrole nitrogens is 1. The van der Waals surface area contributed by atoms with E-state index in [-0.39, 0.29) is 5.56 Å². The molecule has 0 amide bonds. The average Bonchev–Trinajstić information content (AvgIpc) is 2.63. The Bertz CT molecular complexity index is 838. The van der Waals surface area contributed by atoms with Gasteiger partial charge in [-0.15, -0.1) is 11.8 Å². The first-order valence-corrected chi connectivity index (χ1v) is 10.0. The van der Waals surface area contributed by atoms with E-state index in [0.717, 1.165) is 52.8 Å². The number of ether oxygens (including phenoxy) is 1. The summed E-state index contributed by atoms with van der Waals surface area (Å²) in [5, 5.41) is 0.734. The Morgan fingerprint density at radius 1 is 1.28 bits per heavy atom. The molecule has 0 atom stereocenters. The van der Waals surface area contributed by atoms with Crippen LogP contribution in [0.2, 0.25) is 5.02 Å². The minimum absolute atomic E-state index is 0.0535. The number of halogens is 1. The van der Waals surface area contributed by atoms with E-state index in [9.17, 15) is 4.79 Å². The van der Waals surface area contributed by atoms with Crippen molar-refractivity contribution in [3.63, 3.8) is 0 Å². The first kappa shape index (κ1) is 18.3. The summed E-state index contributed by atoms with van der Waals surface area (Å²) in [6, 6.07) is 9.92. The number of aromatic nitrogens is 1. The molecule has 1 saturated heterocycles. The van der Waals surface area contributed by atoms with Crippen LogP contribution in [-0.4, -0.2) is 24.5 Å². The zero-order valence-electron chi connectivity index (χ0n) is 14.5. The maximum Gasteiger partial charge on any atom is 0.251 e. The van der Waals surface area contributed by atoms with Crippen LogP contribution in [0.3, 0.4) is 0 Å². The number of pyridine rings is 1. The molecular weight excluding hydrogens is 354 g/mol. The van der Waals surface area contributed by atoms with Crippen molar-refractivity contribution in [2.24, 2.45) is 5.92 Å². The zero-order chi connectivity index (χ0) is 17.8. The molecule has 5 heteroatoms. The lowest BCUT2D eigenvalue weighted by Gasteiger charge is -2.21. The number of thioether (sulfide) groups is 1. The Kier molecular flexibility index (Phi) is 6.05. The molecule has 0 unspecified atom stereocenters. The molecule has 1 aliphatic heterocycles. The van der Waals surface area contributed by atoms with Crippen LogP contribution < -0.4 is 5.56 Å². The van der Waals surface area contributed by atoms with Crippen LogP contribution >= 0.6 is 23.4 Å². The van der Waals surface area contributed by atoms with Crippen molar-refractivity contribution >= 4 is 28.9 Å². The predicted octanol–water partition coefficient (Wildman–Crippen LogP) is 4.92. The summed E-state index contributed by atoms with van der Waals surface area (Å²) in [6.07, 6.45) is 6.26. The molecule has 1 N–H and O–H groups in total. The van der Waals surface area contributed by atoms with Crippen LogP contribution in [0.1, 0.15) is 29.7 Å². The van der Waals surface area contributed by atoms with E-state index in [1.165, 1.54) is 0 Å². The second-order valence-electron chi connectivity index (χ2n) is 6.26. The van der Waals surface area contributed by atoms with Gasteiger partial charge in [-0.1, -0.05) is 29.8 Å². The van der Waals surface area contributed by atoms with Crippen molar-refractivity contribution in [3.8, 4) is 0 Å². The third-order valence-electron chi connectivity index (χ3n) is 4.53. The summed E-state index contributed by atoms with van der Waals surface area (Å²) >= 11 is 8.05. The predicted molar refractivity (Wildman–Crippen MR) is 106 cm³/mol. The van der Waals surface area contributed by atoms with E-state index in [2.05, 4.69) is 17.1 Å². The molecule has 3 nitrogen and oxygen atoms in total. The summed E-state index contributed by atoms with van der Waals surface area (Å²) in [4.78, 5) is 16.2. The quantitative estimate of drug-likeness (QED) is 0.771. The van der Waals surface area contributed by atoms with E-state index in [1.807, 2.05) is 37.4 Å². The average molecular weight is 376 g/mol. The fourth-order valence-corrected chi connectivity index (χ4v) is 3.87. The molecule has 1 aromatic heterocycles. The first-order chi connectivity index (χ1) is 12.1. The number of aromatic amines is 1. The van der Waals surface area contributed by atoms with Crippen molar-refractivity contribution in [3.05, 3.63) is 68.6 Å². The van der Waals surface area contributed by atoms with Crippen molar-refractivity contribution in [2.75, 3.05) is 19.5 Å². The molecule has 132 valence electrons. The second-order valence-corrected chi connectivity index (χ2v) is 7.52. The van der Waals surface area contributed by atoms with Gasteiger partial charge in [0.05, 0.1) is 5.02 Å². The molecule has 0 aliphatic carbocycles. The van der Waals surface area contributed by atoms with E-state index >= 15 is 0 Å². The molecule has 0 saturated carbocycles. The topological polar surface area (TPSA) is 42.1 Å². The molecule has 1 aromatic carbocycles. The molecule has 0 bridgehead atoms. The van der Waals surface area contributed by atoms with E-state index in [4.69, 9.17) is 16.3 Å². The molecule has 25 heavy (non-hydrogen) atoms. The van der Waals surface area contributed by atoms with Crippen LogP contribution in [0.25, 0.3) is 5.57 Å². The number of rotatable bonds is 4. The van der Waals surface area contributed by atoms with Crippen LogP contribution in [0.4, 0.5) is 0 Å². The maximum atomic E-state index is 12.1. The summed E-state index contributed by atoms with van der Waals surface area (Å²) in [5.41, 5.74) is 3.54. The molecule has 0 spiro atoms. The van der Waals surface area contributed by atoms with Gasteiger partial charge in [0, 0.05) is 34.9 Å². The van der Waals surface area contributed by atoms with E-state index in [1.54, 1.807) is 11.8 Å². The fourth-order valence-electron chi connectivity index (χ4n) is 3.00. The molecule has 2 aromatic rings. The Balaban J connectivity index is 2.07. The van der Waals surface area contributed by atoms with Gasteiger partial charge in [-0.3, -0.25) is 4.79 Å². The second kappa shape index (κ2) is 8.26. The minimum Gasteiger partial charge on any atom is -0.381 e. The van der Waals surface area contributed by atoms with E-state index < -0.39 is 0 Å². The van der Waals surface area contributed by atoms with Gasteiger partial charge in [-0.2, -0.15) is 0 Å². The highest BCUT2D eigenvalue weighted by Crippen LogP contribution is 2.32. The molecule has 2 heterocycles. The number of aryl methyl sites for hydroxylation is 1. The number of allylic oxidation sites excluding steroid dienone is 1. The van der Waals surface area contributed by atoms with Gasteiger partial charge in [0.15, 0.2) is 0 Å². The number of nitrogens with one attached hydrogen (secondary N) is 1. The fraction of sp³-hybridized carbons (Fsp3) is 0.350. The number of hydrogen-bond donors (Lipinski definition) is 1. The Labute approximate surface area is 157 Å². The summed E-state index contributed by atoms with van der Waals surface area (Å²) in [7, 11) is 0. The Hall–Kier alpha value is -1.49. The van der Waals surface area contributed by atoms with Crippen LogP contribution in [0.5, 0.6) is 0 Å². The highest BCUT2D eigenvalue weighted by atomic mass is 35.5. The largest absolute Gasteiger partial charge is 0.381 e. The first-order valence-electron chi connectivity index (χ1n) is 8.42. The van der Waals surface area contributed by atoms with E-state index in [0.29, 0.717) is 11.5 Å². The van der Waals surface area contributed by atoms with Gasteiger partial charge in [-0.25, -0.2) is 0 Å². The lowest BCUT2D eigenvalue weighted by molar-refractivity contribution is 0.0786. The van der Waals surface area contributed by atoms with Gasteiger partial charge in [0.25, 0.3) is 5.56 Å². The standard InChI is InChI=1S/C20H22ClNO2S/c1-13-3-5-18(22-20(13)23)16(11-14-7-9-24-10-8-14)15-4-6-19(25-2)17(21)12-15/h3-6,11-12,14H,7-10H2,1-2H3,(H,22,23). The molecular formula is C20H22ClNO2S. The number of hydrogen-bond acceptors (Lipinski definition) is 3. The third kappa shape index (κ3) is 4.38. The zero-order valence-corrected chi connectivity index (χ0v) is 16.0. The van der Waals surface area contributed by atoms with Gasteiger partial charge in [0.2, 0.25) is 0 Å². The SMILES string of the molecule is CSc1ccc(C(=CC2CCOCC2)c2ccc(C)c(=O)[nH]2)cc1Cl. The molecule has 3 rings (SSSR count). The third-order valence-corrected chi connectivity index (χ3v) is 5.75. The van der Waals surface area contributed by atoms with Crippen LogP contribution in [-0.2, 0) is 4.74 Å².